The number of piperazine rings is 1. The Kier molecular flexibility index (Phi) is 4.68. The number of aromatic nitrogens is 1. The lowest BCUT2D eigenvalue weighted by Gasteiger charge is -2.34. The van der Waals surface area contributed by atoms with E-state index in [1.54, 1.807) is 18.4 Å². The summed E-state index contributed by atoms with van der Waals surface area (Å²) in [6, 6.07) is 0. The summed E-state index contributed by atoms with van der Waals surface area (Å²) in [7, 11) is 1.55. The summed E-state index contributed by atoms with van der Waals surface area (Å²) < 4.78 is 4.87. The van der Waals surface area contributed by atoms with Gasteiger partial charge >= 0.3 is 0 Å². The Balaban J connectivity index is 1.78. The van der Waals surface area contributed by atoms with Gasteiger partial charge in [-0.25, -0.2) is 4.98 Å². The van der Waals surface area contributed by atoms with Crippen molar-refractivity contribution in [2.24, 2.45) is 0 Å². The van der Waals surface area contributed by atoms with Crippen molar-refractivity contribution in [3.05, 3.63) is 16.1 Å². The maximum Gasteiger partial charge on any atom is 0.248 e. The van der Waals surface area contributed by atoms with E-state index >= 15 is 0 Å². The van der Waals surface area contributed by atoms with Crippen LogP contribution in [0.5, 0.6) is 0 Å². The van der Waals surface area contributed by atoms with E-state index in [9.17, 15) is 4.79 Å². The standard InChI is InChI=1S/C12H19N3O2S/c1-10-13-11(9-18-10)7-14-3-5-15(6-4-14)12(16)8-17-2/h9H,3-8H2,1-2H3. The second-order valence-corrected chi connectivity index (χ2v) is 5.51. The van der Waals surface area contributed by atoms with E-state index in [4.69, 9.17) is 4.74 Å². The van der Waals surface area contributed by atoms with Gasteiger partial charge in [-0.2, -0.15) is 0 Å². The topological polar surface area (TPSA) is 45.7 Å². The molecule has 0 spiro atoms. The van der Waals surface area contributed by atoms with E-state index in [0.717, 1.165) is 43.4 Å². The molecule has 1 aliphatic rings. The van der Waals surface area contributed by atoms with Gasteiger partial charge in [0.2, 0.25) is 5.91 Å². The molecule has 1 aromatic heterocycles. The normalized spacial score (nSPS) is 17.1. The first-order chi connectivity index (χ1) is 8.69. The van der Waals surface area contributed by atoms with Crippen LogP contribution in [0.15, 0.2) is 5.38 Å². The predicted octanol–water partition coefficient (Wildman–Crippen LogP) is 0.742. The fourth-order valence-electron chi connectivity index (χ4n) is 2.08. The van der Waals surface area contributed by atoms with E-state index in [2.05, 4.69) is 15.3 Å². The van der Waals surface area contributed by atoms with Crippen molar-refractivity contribution in [2.45, 2.75) is 13.5 Å². The third-order valence-corrected chi connectivity index (χ3v) is 3.87. The Morgan fingerprint density at radius 1 is 1.44 bits per heavy atom. The van der Waals surface area contributed by atoms with Crippen molar-refractivity contribution < 1.29 is 9.53 Å². The maximum absolute atomic E-state index is 11.6. The lowest BCUT2D eigenvalue weighted by atomic mass is 10.3. The lowest BCUT2D eigenvalue weighted by Crippen LogP contribution is -2.49. The minimum Gasteiger partial charge on any atom is -0.375 e. The highest BCUT2D eigenvalue weighted by molar-refractivity contribution is 7.09. The first kappa shape index (κ1) is 13.5. The number of carbonyl (C=O) groups is 1. The van der Waals surface area contributed by atoms with Crippen LogP contribution in [-0.4, -0.2) is 60.6 Å². The second-order valence-electron chi connectivity index (χ2n) is 4.45. The number of carbonyl (C=O) groups excluding carboxylic acids is 1. The van der Waals surface area contributed by atoms with Crippen molar-refractivity contribution in [2.75, 3.05) is 39.9 Å². The van der Waals surface area contributed by atoms with Crippen LogP contribution in [0.3, 0.4) is 0 Å². The molecular formula is C12H19N3O2S. The Bertz CT molecular complexity index is 400. The molecule has 0 saturated carbocycles. The molecule has 0 bridgehead atoms. The van der Waals surface area contributed by atoms with Crippen LogP contribution >= 0.6 is 11.3 Å². The van der Waals surface area contributed by atoms with Crippen molar-refractivity contribution in [1.82, 2.24) is 14.8 Å². The number of hydrogen-bond acceptors (Lipinski definition) is 5. The van der Waals surface area contributed by atoms with Crippen molar-refractivity contribution in [3.63, 3.8) is 0 Å². The lowest BCUT2D eigenvalue weighted by molar-refractivity contribution is -0.136. The third kappa shape index (κ3) is 3.51. The molecule has 0 radical (unpaired) electrons. The molecule has 100 valence electrons. The van der Waals surface area contributed by atoms with Crippen LogP contribution in [-0.2, 0) is 16.1 Å². The SMILES string of the molecule is COCC(=O)N1CCN(Cc2csc(C)n2)CC1. The number of aryl methyl sites for hydroxylation is 1. The van der Waals surface area contributed by atoms with Gasteiger partial charge in [-0.1, -0.05) is 0 Å². The zero-order valence-corrected chi connectivity index (χ0v) is 11.7. The number of amides is 1. The van der Waals surface area contributed by atoms with Gasteiger partial charge in [0.15, 0.2) is 0 Å². The Morgan fingerprint density at radius 3 is 2.72 bits per heavy atom. The van der Waals surface area contributed by atoms with Crippen molar-refractivity contribution in [1.29, 1.82) is 0 Å². The fourth-order valence-corrected chi connectivity index (χ4v) is 2.68. The average Bonchev–Trinajstić information content (AvgIpc) is 2.76. The number of hydrogen-bond donors (Lipinski definition) is 0. The minimum absolute atomic E-state index is 0.0849. The highest BCUT2D eigenvalue weighted by Gasteiger charge is 2.21. The van der Waals surface area contributed by atoms with Crippen molar-refractivity contribution in [3.8, 4) is 0 Å². The fraction of sp³-hybridized carbons (Fsp3) is 0.667. The van der Waals surface area contributed by atoms with Gasteiger partial charge in [0.1, 0.15) is 6.61 Å². The summed E-state index contributed by atoms with van der Waals surface area (Å²) in [6.45, 7) is 6.48. The highest BCUT2D eigenvalue weighted by atomic mass is 32.1. The molecule has 1 aliphatic heterocycles. The van der Waals surface area contributed by atoms with Gasteiger partial charge in [0.25, 0.3) is 0 Å². The minimum atomic E-state index is 0.0849. The summed E-state index contributed by atoms with van der Waals surface area (Å²) in [6.07, 6.45) is 0. The molecule has 1 aromatic rings. The van der Waals surface area contributed by atoms with E-state index in [1.165, 1.54) is 0 Å². The van der Waals surface area contributed by atoms with Crippen LogP contribution in [0.2, 0.25) is 0 Å². The molecule has 0 aliphatic carbocycles. The smallest absolute Gasteiger partial charge is 0.248 e. The molecule has 1 amide bonds. The van der Waals surface area contributed by atoms with Crippen LogP contribution in [0.25, 0.3) is 0 Å². The zero-order valence-electron chi connectivity index (χ0n) is 10.9. The number of rotatable bonds is 4. The molecule has 2 rings (SSSR count). The van der Waals surface area contributed by atoms with E-state index in [1.807, 2.05) is 11.8 Å². The first-order valence-corrected chi connectivity index (χ1v) is 6.97. The van der Waals surface area contributed by atoms with E-state index in [0.29, 0.717) is 0 Å². The van der Waals surface area contributed by atoms with Crippen molar-refractivity contribution >= 4 is 17.2 Å². The molecule has 0 unspecified atom stereocenters. The van der Waals surface area contributed by atoms with Gasteiger partial charge in [-0.3, -0.25) is 9.69 Å². The number of thiazole rings is 1. The molecule has 1 fully saturated rings. The summed E-state index contributed by atoms with van der Waals surface area (Å²) in [5.74, 6) is 0.0849. The summed E-state index contributed by atoms with van der Waals surface area (Å²) in [5.41, 5.74) is 1.13. The molecule has 0 atom stereocenters. The molecular weight excluding hydrogens is 250 g/mol. The summed E-state index contributed by atoms with van der Waals surface area (Å²) in [5, 5.41) is 3.22. The zero-order chi connectivity index (χ0) is 13.0. The van der Waals surface area contributed by atoms with Gasteiger partial charge in [-0.15, -0.1) is 11.3 Å². The Morgan fingerprint density at radius 2 is 2.17 bits per heavy atom. The molecule has 1 saturated heterocycles. The quantitative estimate of drug-likeness (QED) is 0.809. The monoisotopic (exact) mass is 269 g/mol. The van der Waals surface area contributed by atoms with Crippen LogP contribution in [0.1, 0.15) is 10.7 Å². The van der Waals surface area contributed by atoms with Gasteiger partial charge in [0.05, 0.1) is 10.7 Å². The second kappa shape index (κ2) is 6.26. The largest absolute Gasteiger partial charge is 0.375 e. The Hall–Kier alpha value is -0.980. The van der Waals surface area contributed by atoms with Gasteiger partial charge in [0, 0.05) is 45.2 Å². The number of methoxy groups -OCH3 is 1. The molecule has 5 nitrogen and oxygen atoms in total. The van der Waals surface area contributed by atoms with Crippen LogP contribution in [0.4, 0.5) is 0 Å². The highest BCUT2D eigenvalue weighted by Crippen LogP contribution is 2.12. The average molecular weight is 269 g/mol. The maximum atomic E-state index is 11.6. The summed E-state index contributed by atoms with van der Waals surface area (Å²) in [4.78, 5) is 20.3. The molecule has 6 heteroatoms. The Labute approximate surface area is 111 Å². The molecule has 0 aromatic carbocycles. The van der Waals surface area contributed by atoms with E-state index in [-0.39, 0.29) is 12.5 Å². The molecule has 0 N–H and O–H groups in total. The molecule has 2 heterocycles. The summed E-state index contributed by atoms with van der Waals surface area (Å²) >= 11 is 1.69. The third-order valence-electron chi connectivity index (χ3n) is 3.04. The molecule has 18 heavy (non-hydrogen) atoms. The van der Waals surface area contributed by atoms with Crippen LogP contribution < -0.4 is 0 Å². The van der Waals surface area contributed by atoms with E-state index < -0.39 is 0 Å². The predicted molar refractivity (Wildman–Crippen MR) is 70.6 cm³/mol. The number of ether oxygens (including phenoxy) is 1. The number of nitrogens with zero attached hydrogens (tertiary/aromatic N) is 3. The first-order valence-electron chi connectivity index (χ1n) is 6.09. The van der Waals surface area contributed by atoms with Gasteiger partial charge < -0.3 is 9.64 Å². The van der Waals surface area contributed by atoms with Gasteiger partial charge in [-0.05, 0) is 6.92 Å². The van der Waals surface area contributed by atoms with Crippen LogP contribution in [0, 0.1) is 6.92 Å².